The van der Waals surface area contributed by atoms with Gasteiger partial charge in [0.2, 0.25) is 0 Å². The number of hydrogen-bond donors (Lipinski definition) is 0. The molecule has 0 saturated heterocycles. The first kappa shape index (κ1) is 14.5. The standard InChI is InChI=1S/C15H14O4/c1-3-4-11-19-14(16)10-7-12-5-8-13(9-6-12)15(17)18-2/h1,5-10H,4,11H2,2H3/b10-7+. The molecule has 0 aliphatic heterocycles. The number of esters is 2. The van der Waals surface area contributed by atoms with Gasteiger partial charge < -0.3 is 9.47 Å². The summed E-state index contributed by atoms with van der Waals surface area (Å²) in [5, 5.41) is 0. The van der Waals surface area contributed by atoms with Gasteiger partial charge in [-0.1, -0.05) is 12.1 Å². The minimum atomic E-state index is -0.452. The van der Waals surface area contributed by atoms with E-state index in [0.717, 1.165) is 5.56 Å². The Kier molecular flexibility index (Phi) is 5.90. The Morgan fingerprint density at radius 2 is 2.00 bits per heavy atom. The van der Waals surface area contributed by atoms with E-state index in [0.29, 0.717) is 12.0 Å². The second-order valence-electron chi connectivity index (χ2n) is 3.57. The van der Waals surface area contributed by atoms with Crippen LogP contribution in [0.5, 0.6) is 0 Å². The fraction of sp³-hybridized carbons (Fsp3) is 0.200. The number of rotatable bonds is 5. The third kappa shape index (κ3) is 5.09. The molecule has 0 aliphatic carbocycles. The highest BCUT2D eigenvalue weighted by atomic mass is 16.5. The van der Waals surface area contributed by atoms with E-state index in [1.165, 1.54) is 13.2 Å². The Bertz CT molecular complexity index is 506. The molecule has 1 aromatic rings. The molecule has 19 heavy (non-hydrogen) atoms. The van der Waals surface area contributed by atoms with Crippen molar-refractivity contribution in [1.82, 2.24) is 0 Å². The first-order valence-electron chi connectivity index (χ1n) is 5.64. The summed E-state index contributed by atoms with van der Waals surface area (Å²) >= 11 is 0. The summed E-state index contributed by atoms with van der Waals surface area (Å²) in [6.45, 7) is 0.209. The zero-order valence-corrected chi connectivity index (χ0v) is 10.6. The van der Waals surface area contributed by atoms with Gasteiger partial charge in [-0.05, 0) is 23.8 Å². The molecule has 4 heteroatoms. The van der Waals surface area contributed by atoms with E-state index < -0.39 is 11.9 Å². The van der Waals surface area contributed by atoms with Crippen molar-refractivity contribution in [3.63, 3.8) is 0 Å². The quantitative estimate of drug-likeness (QED) is 0.351. The van der Waals surface area contributed by atoms with Crippen molar-refractivity contribution in [2.75, 3.05) is 13.7 Å². The molecule has 0 bridgehead atoms. The number of ether oxygens (including phenoxy) is 2. The van der Waals surface area contributed by atoms with Gasteiger partial charge in [0.15, 0.2) is 0 Å². The number of hydrogen-bond acceptors (Lipinski definition) is 4. The molecule has 0 N–H and O–H groups in total. The molecule has 0 unspecified atom stereocenters. The first-order chi connectivity index (χ1) is 9.17. The van der Waals surface area contributed by atoms with Crippen LogP contribution in [0.15, 0.2) is 30.3 Å². The van der Waals surface area contributed by atoms with Crippen LogP contribution in [-0.2, 0) is 14.3 Å². The maximum Gasteiger partial charge on any atom is 0.337 e. The maximum atomic E-state index is 11.3. The van der Waals surface area contributed by atoms with E-state index in [-0.39, 0.29) is 6.61 Å². The summed E-state index contributed by atoms with van der Waals surface area (Å²) in [4.78, 5) is 22.5. The van der Waals surface area contributed by atoms with Crippen LogP contribution >= 0.6 is 0 Å². The average molecular weight is 258 g/mol. The highest BCUT2D eigenvalue weighted by molar-refractivity contribution is 5.90. The largest absolute Gasteiger partial charge is 0.465 e. The van der Waals surface area contributed by atoms with Crippen LogP contribution in [0.3, 0.4) is 0 Å². The molecule has 0 radical (unpaired) electrons. The van der Waals surface area contributed by atoms with Crippen molar-refractivity contribution in [3.05, 3.63) is 41.5 Å². The van der Waals surface area contributed by atoms with E-state index in [1.54, 1.807) is 30.3 Å². The van der Waals surface area contributed by atoms with Crippen molar-refractivity contribution < 1.29 is 19.1 Å². The van der Waals surface area contributed by atoms with Gasteiger partial charge in [-0.2, -0.15) is 0 Å². The van der Waals surface area contributed by atoms with E-state index in [9.17, 15) is 9.59 Å². The molecule has 1 rings (SSSR count). The third-order valence-corrected chi connectivity index (χ3v) is 2.23. The Morgan fingerprint density at radius 1 is 1.32 bits per heavy atom. The highest BCUT2D eigenvalue weighted by Crippen LogP contribution is 2.07. The van der Waals surface area contributed by atoms with Crippen molar-refractivity contribution in [2.24, 2.45) is 0 Å². The summed E-state index contributed by atoms with van der Waals surface area (Å²) in [7, 11) is 1.32. The molecule has 0 fully saturated rings. The van der Waals surface area contributed by atoms with Gasteiger partial charge in [0.05, 0.1) is 12.7 Å². The highest BCUT2D eigenvalue weighted by Gasteiger charge is 2.03. The topological polar surface area (TPSA) is 52.6 Å². The summed E-state index contributed by atoms with van der Waals surface area (Å²) < 4.78 is 9.42. The summed E-state index contributed by atoms with van der Waals surface area (Å²) in [5.74, 6) is 1.52. The summed E-state index contributed by atoms with van der Waals surface area (Å²) in [6, 6.07) is 6.65. The second kappa shape index (κ2) is 7.72. The Morgan fingerprint density at radius 3 is 2.58 bits per heavy atom. The van der Waals surface area contributed by atoms with Gasteiger partial charge in [0.1, 0.15) is 6.61 Å². The third-order valence-electron chi connectivity index (χ3n) is 2.23. The molecule has 1 aromatic carbocycles. The van der Waals surface area contributed by atoms with Crippen LogP contribution in [0.4, 0.5) is 0 Å². The summed E-state index contributed by atoms with van der Waals surface area (Å²) in [5.41, 5.74) is 1.23. The van der Waals surface area contributed by atoms with Crippen molar-refractivity contribution in [3.8, 4) is 12.3 Å². The molecular weight excluding hydrogens is 244 g/mol. The van der Waals surface area contributed by atoms with Crippen LogP contribution in [0.1, 0.15) is 22.3 Å². The van der Waals surface area contributed by atoms with Gasteiger partial charge in [0.25, 0.3) is 0 Å². The minimum Gasteiger partial charge on any atom is -0.465 e. The number of carbonyl (C=O) groups excluding carboxylic acids is 2. The van der Waals surface area contributed by atoms with Crippen LogP contribution in [0, 0.1) is 12.3 Å². The predicted molar refractivity (Wildman–Crippen MR) is 71.2 cm³/mol. The average Bonchev–Trinajstić information content (AvgIpc) is 2.45. The predicted octanol–water partition coefficient (Wildman–Crippen LogP) is 2.05. The molecule has 0 atom stereocenters. The second-order valence-corrected chi connectivity index (χ2v) is 3.57. The monoisotopic (exact) mass is 258 g/mol. The number of terminal acetylenes is 1. The molecule has 0 heterocycles. The molecule has 0 saturated carbocycles. The smallest absolute Gasteiger partial charge is 0.337 e. The zero-order chi connectivity index (χ0) is 14.1. The van der Waals surface area contributed by atoms with Crippen LogP contribution in [0.2, 0.25) is 0 Å². The fourth-order valence-corrected chi connectivity index (χ4v) is 1.27. The van der Waals surface area contributed by atoms with E-state index in [4.69, 9.17) is 11.2 Å². The zero-order valence-electron chi connectivity index (χ0n) is 10.6. The lowest BCUT2D eigenvalue weighted by Gasteiger charge is -2.00. The van der Waals surface area contributed by atoms with E-state index in [1.807, 2.05) is 0 Å². The Hall–Kier alpha value is -2.54. The Labute approximate surface area is 112 Å². The molecule has 0 spiro atoms. The lowest BCUT2D eigenvalue weighted by atomic mass is 10.1. The van der Waals surface area contributed by atoms with Gasteiger partial charge >= 0.3 is 11.9 Å². The van der Waals surface area contributed by atoms with Crippen LogP contribution in [0.25, 0.3) is 6.08 Å². The molecule has 98 valence electrons. The van der Waals surface area contributed by atoms with Gasteiger partial charge in [-0.25, -0.2) is 9.59 Å². The normalized spacial score (nSPS) is 9.89. The van der Waals surface area contributed by atoms with Crippen LogP contribution in [-0.4, -0.2) is 25.7 Å². The number of carbonyl (C=O) groups is 2. The number of benzene rings is 1. The van der Waals surface area contributed by atoms with Gasteiger partial charge in [-0.3, -0.25) is 0 Å². The molecular formula is C15H14O4. The molecule has 4 nitrogen and oxygen atoms in total. The van der Waals surface area contributed by atoms with Crippen LogP contribution < -0.4 is 0 Å². The first-order valence-corrected chi connectivity index (χ1v) is 5.64. The number of methoxy groups -OCH3 is 1. The lowest BCUT2D eigenvalue weighted by Crippen LogP contribution is -2.01. The fourth-order valence-electron chi connectivity index (χ4n) is 1.27. The van der Waals surface area contributed by atoms with Gasteiger partial charge in [0, 0.05) is 12.5 Å². The van der Waals surface area contributed by atoms with E-state index >= 15 is 0 Å². The Balaban J connectivity index is 2.55. The van der Waals surface area contributed by atoms with Crippen molar-refractivity contribution in [1.29, 1.82) is 0 Å². The van der Waals surface area contributed by atoms with E-state index in [2.05, 4.69) is 10.7 Å². The van der Waals surface area contributed by atoms with Crippen molar-refractivity contribution in [2.45, 2.75) is 6.42 Å². The minimum absolute atomic E-state index is 0.209. The SMILES string of the molecule is C#CCCOC(=O)/C=C/c1ccc(C(=O)OC)cc1. The molecule has 0 amide bonds. The van der Waals surface area contributed by atoms with Crippen molar-refractivity contribution >= 4 is 18.0 Å². The lowest BCUT2D eigenvalue weighted by molar-refractivity contribution is -0.137. The summed E-state index contributed by atoms with van der Waals surface area (Å²) in [6.07, 6.45) is 8.33. The van der Waals surface area contributed by atoms with Gasteiger partial charge in [-0.15, -0.1) is 12.3 Å². The molecule has 0 aromatic heterocycles. The maximum absolute atomic E-state index is 11.3. The molecule has 0 aliphatic rings.